The molecular formula is C43H80Cl2N+. The number of hydrogen-bond acceptors (Lipinski definition) is 0. The van der Waals surface area contributed by atoms with E-state index in [9.17, 15) is 0 Å². The van der Waals surface area contributed by atoms with Crippen LogP contribution < -0.4 is 0 Å². The van der Waals surface area contributed by atoms with Crippen LogP contribution in [-0.2, 0) is 6.54 Å². The lowest BCUT2D eigenvalue weighted by Crippen LogP contribution is -2.49. The van der Waals surface area contributed by atoms with E-state index in [0.717, 1.165) is 16.6 Å². The molecule has 0 fully saturated rings. The number of benzene rings is 1. The Labute approximate surface area is 300 Å². The van der Waals surface area contributed by atoms with Crippen LogP contribution in [0.2, 0.25) is 10.0 Å². The summed E-state index contributed by atoms with van der Waals surface area (Å²) in [6.45, 7) is 11.9. The van der Waals surface area contributed by atoms with Crippen LogP contribution in [0.25, 0.3) is 0 Å². The first kappa shape index (κ1) is 43.8. The minimum atomic E-state index is 0.755. The third-order valence-corrected chi connectivity index (χ3v) is 11.1. The lowest BCUT2D eigenvalue weighted by Gasteiger charge is -2.40. The first-order chi connectivity index (χ1) is 22.6. The molecule has 1 rings (SSSR count). The summed E-state index contributed by atoms with van der Waals surface area (Å²) in [5.41, 5.74) is 1.30. The van der Waals surface area contributed by atoms with Crippen molar-refractivity contribution in [1.82, 2.24) is 0 Å². The summed E-state index contributed by atoms with van der Waals surface area (Å²) >= 11 is 13.2. The molecule has 0 N–H and O–H groups in total. The van der Waals surface area contributed by atoms with Crippen molar-refractivity contribution in [3.8, 4) is 0 Å². The quantitative estimate of drug-likeness (QED) is 0.0494. The van der Waals surface area contributed by atoms with E-state index in [1.54, 1.807) is 0 Å². The van der Waals surface area contributed by atoms with Gasteiger partial charge in [0.05, 0.1) is 24.7 Å². The molecule has 1 aromatic rings. The summed E-state index contributed by atoms with van der Waals surface area (Å²) in [5, 5.41) is 1.62. The highest BCUT2D eigenvalue weighted by Gasteiger charge is 2.28. The molecule has 0 saturated carbocycles. The van der Waals surface area contributed by atoms with Gasteiger partial charge in [0.25, 0.3) is 0 Å². The third-order valence-electron chi connectivity index (χ3n) is 10.5. The van der Waals surface area contributed by atoms with Crippen molar-refractivity contribution in [2.24, 2.45) is 0 Å². The molecule has 0 saturated heterocycles. The number of hydrogen-bond donors (Lipinski definition) is 0. The van der Waals surface area contributed by atoms with Gasteiger partial charge in [-0.05, 0) is 50.7 Å². The second-order valence-corrected chi connectivity index (χ2v) is 15.8. The Morgan fingerprint density at radius 1 is 0.391 bits per heavy atom. The Balaban J connectivity index is 2.71. The van der Waals surface area contributed by atoms with Gasteiger partial charge in [0.1, 0.15) is 6.54 Å². The zero-order valence-corrected chi connectivity index (χ0v) is 33.0. The Hall–Kier alpha value is -0.240. The highest BCUT2D eigenvalue weighted by Crippen LogP contribution is 2.28. The smallest absolute Gasteiger partial charge is 0.106 e. The van der Waals surface area contributed by atoms with Gasteiger partial charge in [0.15, 0.2) is 0 Å². The monoisotopic (exact) mass is 681 g/mol. The SMILES string of the molecule is CCCCCCCCCCCC[N+](CCCCCCCCCCCC)(CCCCCCCCCCCC)Cc1ccc(Cl)cc1Cl. The topological polar surface area (TPSA) is 0 Å². The zero-order valence-electron chi connectivity index (χ0n) is 31.5. The second-order valence-electron chi connectivity index (χ2n) is 15.0. The summed E-state index contributed by atoms with van der Waals surface area (Å²) < 4.78 is 1.23. The summed E-state index contributed by atoms with van der Waals surface area (Å²) in [6.07, 6.45) is 42.2. The molecule has 0 radical (unpaired) electrons. The van der Waals surface area contributed by atoms with Crippen molar-refractivity contribution in [2.75, 3.05) is 19.6 Å². The molecule has 1 aromatic carbocycles. The first-order valence-electron chi connectivity index (χ1n) is 20.9. The molecule has 1 nitrogen and oxygen atoms in total. The Morgan fingerprint density at radius 3 is 0.957 bits per heavy atom. The predicted molar refractivity (Wildman–Crippen MR) is 211 cm³/mol. The minimum absolute atomic E-state index is 0.755. The summed E-state index contributed by atoms with van der Waals surface area (Å²) in [6, 6.07) is 6.24. The van der Waals surface area contributed by atoms with Gasteiger partial charge in [-0.25, -0.2) is 0 Å². The number of quaternary nitrogens is 1. The van der Waals surface area contributed by atoms with Crippen LogP contribution in [0.3, 0.4) is 0 Å². The molecule has 0 aromatic heterocycles. The second kappa shape index (κ2) is 32.0. The molecule has 0 aliphatic carbocycles. The van der Waals surface area contributed by atoms with Crippen molar-refractivity contribution in [1.29, 1.82) is 0 Å². The molecule has 0 aliphatic rings. The van der Waals surface area contributed by atoms with E-state index in [2.05, 4.69) is 32.9 Å². The van der Waals surface area contributed by atoms with E-state index in [4.69, 9.17) is 23.2 Å². The number of rotatable bonds is 35. The van der Waals surface area contributed by atoms with Gasteiger partial charge >= 0.3 is 0 Å². The maximum Gasteiger partial charge on any atom is 0.106 e. The van der Waals surface area contributed by atoms with Crippen LogP contribution in [0.5, 0.6) is 0 Å². The average molecular weight is 682 g/mol. The lowest BCUT2D eigenvalue weighted by atomic mass is 10.0. The number of nitrogens with zero attached hydrogens (tertiary/aromatic N) is 1. The van der Waals surface area contributed by atoms with Crippen molar-refractivity contribution >= 4 is 23.2 Å². The number of halogens is 2. The molecule has 0 heterocycles. The molecule has 0 unspecified atom stereocenters. The fraction of sp³-hybridized carbons (Fsp3) is 0.860. The fourth-order valence-corrected chi connectivity index (χ4v) is 7.86. The molecule has 270 valence electrons. The third kappa shape index (κ3) is 24.8. The highest BCUT2D eigenvalue weighted by atomic mass is 35.5. The maximum absolute atomic E-state index is 6.83. The van der Waals surface area contributed by atoms with E-state index in [1.807, 2.05) is 6.07 Å². The Morgan fingerprint density at radius 2 is 0.674 bits per heavy atom. The fourth-order valence-electron chi connectivity index (χ4n) is 7.39. The van der Waals surface area contributed by atoms with Crippen LogP contribution >= 0.6 is 23.2 Å². The van der Waals surface area contributed by atoms with Crippen LogP contribution in [-0.4, -0.2) is 24.1 Å². The largest absolute Gasteiger partial charge is 0.320 e. The van der Waals surface area contributed by atoms with E-state index in [-0.39, 0.29) is 0 Å². The minimum Gasteiger partial charge on any atom is -0.320 e. The molecule has 3 heteroatoms. The summed E-state index contributed by atoms with van der Waals surface area (Å²) in [4.78, 5) is 0. The molecule has 0 spiro atoms. The van der Waals surface area contributed by atoms with Gasteiger partial charge in [-0.15, -0.1) is 0 Å². The average Bonchev–Trinajstić information content (AvgIpc) is 3.05. The van der Waals surface area contributed by atoms with Crippen LogP contribution in [0, 0.1) is 0 Å². The summed E-state index contributed by atoms with van der Waals surface area (Å²) in [5.74, 6) is 0. The van der Waals surface area contributed by atoms with Gasteiger partial charge in [-0.1, -0.05) is 204 Å². The predicted octanol–water partition coefficient (Wildman–Crippen LogP) is 16.1. The standard InChI is InChI=1S/C43H80Cl2N/c1-4-7-10-13-16-19-22-25-28-31-36-46(40-41-34-35-42(44)39-43(41)45,37-32-29-26-23-20-17-14-11-8-5-2)38-33-30-27-24-21-18-15-12-9-6-3/h34-35,39H,4-33,36-38,40H2,1-3H3/q+1. The van der Waals surface area contributed by atoms with Crippen molar-refractivity contribution in [3.05, 3.63) is 33.8 Å². The molecule has 0 bridgehead atoms. The van der Waals surface area contributed by atoms with Crippen LogP contribution in [0.4, 0.5) is 0 Å². The van der Waals surface area contributed by atoms with Gasteiger partial charge in [0, 0.05) is 10.6 Å². The van der Waals surface area contributed by atoms with Gasteiger partial charge in [0.2, 0.25) is 0 Å². The van der Waals surface area contributed by atoms with E-state index in [1.165, 1.54) is 222 Å². The lowest BCUT2D eigenvalue weighted by molar-refractivity contribution is -0.941. The highest BCUT2D eigenvalue weighted by molar-refractivity contribution is 6.35. The molecular weight excluding hydrogens is 601 g/mol. The Kier molecular flexibility index (Phi) is 30.5. The van der Waals surface area contributed by atoms with Crippen molar-refractivity contribution < 1.29 is 4.48 Å². The summed E-state index contributed by atoms with van der Waals surface area (Å²) in [7, 11) is 0. The van der Waals surface area contributed by atoms with Gasteiger partial charge in [-0.3, -0.25) is 0 Å². The zero-order chi connectivity index (χ0) is 33.4. The normalized spacial score (nSPS) is 11.9. The van der Waals surface area contributed by atoms with E-state index < -0.39 is 0 Å². The molecule has 46 heavy (non-hydrogen) atoms. The van der Waals surface area contributed by atoms with Crippen molar-refractivity contribution in [2.45, 2.75) is 220 Å². The van der Waals surface area contributed by atoms with Gasteiger partial charge in [-0.2, -0.15) is 0 Å². The van der Waals surface area contributed by atoms with Crippen LogP contribution in [0.1, 0.15) is 219 Å². The van der Waals surface area contributed by atoms with Gasteiger partial charge < -0.3 is 4.48 Å². The number of unbranched alkanes of at least 4 members (excludes halogenated alkanes) is 27. The first-order valence-corrected chi connectivity index (χ1v) is 21.6. The Bertz CT molecular complexity index is 718. The van der Waals surface area contributed by atoms with Crippen LogP contribution in [0.15, 0.2) is 18.2 Å². The molecule has 0 amide bonds. The van der Waals surface area contributed by atoms with E-state index in [0.29, 0.717) is 0 Å². The molecule has 0 aliphatic heterocycles. The maximum atomic E-state index is 6.83. The van der Waals surface area contributed by atoms with E-state index >= 15 is 0 Å². The van der Waals surface area contributed by atoms with Crippen molar-refractivity contribution in [3.63, 3.8) is 0 Å². The molecule has 0 atom stereocenters.